The van der Waals surface area contributed by atoms with E-state index in [-0.39, 0.29) is 24.8 Å². The lowest BCUT2D eigenvalue weighted by Crippen LogP contribution is -2.37. The van der Waals surface area contributed by atoms with Crippen molar-refractivity contribution in [1.82, 2.24) is 5.32 Å². The Labute approximate surface area is 118 Å². The summed E-state index contributed by atoms with van der Waals surface area (Å²) in [6, 6.07) is 6.71. The first-order valence-electron chi connectivity index (χ1n) is 5.97. The smallest absolute Gasteiger partial charge is 0.258 e. The summed E-state index contributed by atoms with van der Waals surface area (Å²) in [6.07, 6.45) is 0. The Morgan fingerprint density at radius 2 is 1.79 bits per heavy atom. The molecule has 0 aliphatic heterocycles. The quantitative estimate of drug-likeness (QED) is 0.903. The van der Waals surface area contributed by atoms with Gasteiger partial charge in [0.2, 0.25) is 0 Å². The number of benzene rings is 1. The number of rotatable bonds is 5. The van der Waals surface area contributed by atoms with Gasteiger partial charge in [-0.3, -0.25) is 9.59 Å². The van der Waals surface area contributed by atoms with Crippen LogP contribution in [-0.2, 0) is 9.59 Å². The Hall–Kier alpha value is -1.55. The fourth-order valence-electron chi connectivity index (χ4n) is 1.17. The molecule has 1 amide bonds. The summed E-state index contributed by atoms with van der Waals surface area (Å²) in [4.78, 5) is 23.1. The number of Topliss-reactive ketones (excluding diaryl/α,β-unsaturated/α-hetero) is 1. The molecule has 0 fully saturated rings. The molecule has 0 unspecified atom stereocenters. The van der Waals surface area contributed by atoms with E-state index >= 15 is 0 Å². The predicted molar refractivity (Wildman–Crippen MR) is 74.4 cm³/mol. The van der Waals surface area contributed by atoms with Crippen molar-refractivity contribution >= 4 is 23.3 Å². The second kappa shape index (κ2) is 6.57. The van der Waals surface area contributed by atoms with Crippen molar-refractivity contribution in [2.45, 2.75) is 20.8 Å². The topological polar surface area (TPSA) is 55.4 Å². The number of nitrogens with one attached hydrogen (secondary N) is 1. The fraction of sp³-hybridized carbons (Fsp3) is 0.429. The number of ketones is 1. The first kappa shape index (κ1) is 15.5. The molecule has 0 saturated carbocycles. The van der Waals surface area contributed by atoms with Gasteiger partial charge in [-0.2, -0.15) is 0 Å². The zero-order chi connectivity index (χ0) is 14.5. The number of halogens is 1. The van der Waals surface area contributed by atoms with E-state index in [1.165, 1.54) is 0 Å². The highest BCUT2D eigenvalue weighted by molar-refractivity contribution is 6.30. The maximum Gasteiger partial charge on any atom is 0.258 e. The predicted octanol–water partition coefficient (Wildman–Crippen LogP) is 2.45. The van der Waals surface area contributed by atoms with Gasteiger partial charge in [0, 0.05) is 10.4 Å². The van der Waals surface area contributed by atoms with Crippen LogP contribution in [0.4, 0.5) is 0 Å². The average Bonchev–Trinajstić information content (AvgIpc) is 2.34. The zero-order valence-corrected chi connectivity index (χ0v) is 12.1. The first-order chi connectivity index (χ1) is 8.79. The molecule has 0 bridgehead atoms. The average molecular weight is 284 g/mol. The molecule has 0 heterocycles. The molecule has 1 N–H and O–H groups in total. The van der Waals surface area contributed by atoms with Crippen molar-refractivity contribution in [2.75, 3.05) is 13.2 Å². The van der Waals surface area contributed by atoms with E-state index in [0.29, 0.717) is 10.8 Å². The molecule has 0 aliphatic carbocycles. The molecule has 1 rings (SSSR count). The normalized spacial score (nSPS) is 10.9. The van der Waals surface area contributed by atoms with E-state index in [2.05, 4.69) is 5.32 Å². The fourth-order valence-corrected chi connectivity index (χ4v) is 1.30. The number of amides is 1. The Bertz CT molecular complexity index is 449. The van der Waals surface area contributed by atoms with Crippen LogP contribution in [0.3, 0.4) is 0 Å². The van der Waals surface area contributed by atoms with Crippen molar-refractivity contribution in [3.8, 4) is 5.75 Å². The summed E-state index contributed by atoms with van der Waals surface area (Å²) in [5.41, 5.74) is -0.454. The third kappa shape index (κ3) is 5.75. The highest BCUT2D eigenvalue weighted by Crippen LogP contribution is 2.15. The van der Waals surface area contributed by atoms with Crippen molar-refractivity contribution in [3.05, 3.63) is 29.3 Å². The monoisotopic (exact) mass is 283 g/mol. The molecule has 0 aromatic heterocycles. The molecule has 0 spiro atoms. The highest BCUT2D eigenvalue weighted by atomic mass is 35.5. The number of hydrogen-bond donors (Lipinski definition) is 1. The van der Waals surface area contributed by atoms with Gasteiger partial charge in [-0.1, -0.05) is 32.4 Å². The third-order valence-corrected chi connectivity index (χ3v) is 2.72. The van der Waals surface area contributed by atoms with Crippen LogP contribution < -0.4 is 10.1 Å². The van der Waals surface area contributed by atoms with E-state index in [1.54, 1.807) is 24.3 Å². The summed E-state index contributed by atoms with van der Waals surface area (Å²) in [5.74, 6) is 0.210. The minimum absolute atomic E-state index is 0.0201. The molecule has 5 heteroatoms. The van der Waals surface area contributed by atoms with Crippen LogP contribution in [0.5, 0.6) is 5.75 Å². The van der Waals surface area contributed by atoms with Crippen LogP contribution in [0.15, 0.2) is 24.3 Å². The summed E-state index contributed by atoms with van der Waals surface area (Å²) < 4.78 is 5.26. The van der Waals surface area contributed by atoms with E-state index in [4.69, 9.17) is 16.3 Å². The lowest BCUT2D eigenvalue weighted by molar-refractivity contribution is -0.129. The van der Waals surface area contributed by atoms with Gasteiger partial charge >= 0.3 is 0 Å². The number of ether oxygens (including phenoxy) is 1. The SMILES string of the molecule is CC(C)(C)C(=O)CNC(=O)COc1ccc(Cl)cc1. The highest BCUT2D eigenvalue weighted by Gasteiger charge is 2.21. The van der Waals surface area contributed by atoms with E-state index < -0.39 is 5.41 Å². The molecule has 0 radical (unpaired) electrons. The second-order valence-corrected chi connectivity index (χ2v) is 5.63. The van der Waals surface area contributed by atoms with Crippen LogP contribution in [0.25, 0.3) is 0 Å². The van der Waals surface area contributed by atoms with Gasteiger partial charge < -0.3 is 10.1 Å². The van der Waals surface area contributed by atoms with Gasteiger partial charge in [0.15, 0.2) is 12.4 Å². The lowest BCUT2D eigenvalue weighted by Gasteiger charge is -2.16. The molecule has 1 aromatic rings. The van der Waals surface area contributed by atoms with E-state index in [9.17, 15) is 9.59 Å². The Morgan fingerprint density at radius 3 is 2.32 bits per heavy atom. The zero-order valence-electron chi connectivity index (χ0n) is 11.3. The molecular formula is C14H18ClNO3. The van der Waals surface area contributed by atoms with Crippen LogP contribution in [0.1, 0.15) is 20.8 Å². The summed E-state index contributed by atoms with van der Waals surface area (Å²) in [7, 11) is 0. The van der Waals surface area contributed by atoms with Gasteiger partial charge in [-0.15, -0.1) is 0 Å². The Balaban J connectivity index is 2.32. The number of carbonyl (C=O) groups is 2. The van der Waals surface area contributed by atoms with Crippen LogP contribution in [-0.4, -0.2) is 24.8 Å². The van der Waals surface area contributed by atoms with Crippen molar-refractivity contribution < 1.29 is 14.3 Å². The molecule has 19 heavy (non-hydrogen) atoms. The Kier molecular flexibility index (Phi) is 5.36. The second-order valence-electron chi connectivity index (χ2n) is 5.19. The number of carbonyl (C=O) groups excluding carboxylic acids is 2. The van der Waals surface area contributed by atoms with Crippen LogP contribution >= 0.6 is 11.6 Å². The minimum atomic E-state index is -0.454. The minimum Gasteiger partial charge on any atom is -0.484 e. The standard InChI is InChI=1S/C14H18ClNO3/c1-14(2,3)12(17)8-16-13(18)9-19-11-6-4-10(15)5-7-11/h4-7H,8-9H2,1-3H3,(H,16,18). The van der Waals surface area contributed by atoms with Gasteiger partial charge in [0.05, 0.1) is 6.54 Å². The molecule has 4 nitrogen and oxygen atoms in total. The molecule has 0 atom stereocenters. The molecular weight excluding hydrogens is 266 g/mol. The molecule has 0 aliphatic rings. The maximum atomic E-state index is 11.6. The van der Waals surface area contributed by atoms with Gasteiger partial charge in [-0.25, -0.2) is 0 Å². The van der Waals surface area contributed by atoms with E-state index in [1.807, 2.05) is 20.8 Å². The maximum absolute atomic E-state index is 11.6. The first-order valence-corrected chi connectivity index (χ1v) is 6.35. The van der Waals surface area contributed by atoms with Gasteiger partial charge in [0.1, 0.15) is 5.75 Å². The molecule has 104 valence electrons. The summed E-state index contributed by atoms with van der Waals surface area (Å²) in [5, 5.41) is 3.14. The third-order valence-electron chi connectivity index (χ3n) is 2.47. The summed E-state index contributed by atoms with van der Waals surface area (Å²) in [6.45, 7) is 5.33. The van der Waals surface area contributed by atoms with E-state index in [0.717, 1.165) is 0 Å². The van der Waals surface area contributed by atoms with Crippen LogP contribution in [0, 0.1) is 5.41 Å². The van der Waals surface area contributed by atoms with Gasteiger partial charge in [-0.05, 0) is 24.3 Å². The van der Waals surface area contributed by atoms with Crippen molar-refractivity contribution in [3.63, 3.8) is 0 Å². The van der Waals surface area contributed by atoms with Crippen molar-refractivity contribution in [2.24, 2.45) is 5.41 Å². The van der Waals surface area contributed by atoms with Crippen LogP contribution in [0.2, 0.25) is 5.02 Å². The molecule has 0 saturated heterocycles. The lowest BCUT2D eigenvalue weighted by atomic mass is 9.91. The van der Waals surface area contributed by atoms with Crippen molar-refractivity contribution in [1.29, 1.82) is 0 Å². The Morgan fingerprint density at radius 1 is 1.21 bits per heavy atom. The summed E-state index contributed by atoms with van der Waals surface area (Å²) >= 11 is 5.73. The number of hydrogen-bond acceptors (Lipinski definition) is 3. The molecule has 1 aromatic carbocycles. The largest absolute Gasteiger partial charge is 0.484 e. The van der Waals surface area contributed by atoms with Gasteiger partial charge in [0.25, 0.3) is 5.91 Å².